The Hall–Kier alpha value is 1.61. The van der Waals surface area contributed by atoms with Crippen molar-refractivity contribution in [1.29, 1.82) is 0 Å². The minimum absolute atomic E-state index is 0. The van der Waals surface area contributed by atoms with Crippen LogP contribution in [0.3, 0.4) is 0 Å². The molecule has 0 heterocycles. The molecule has 0 amide bonds. The van der Waals surface area contributed by atoms with Gasteiger partial charge in [0.15, 0.2) is 0 Å². The number of halogens is 2. The van der Waals surface area contributed by atoms with Gasteiger partial charge < -0.3 is 0 Å². The molecule has 0 fully saturated rings. The molecule has 0 saturated heterocycles. The summed E-state index contributed by atoms with van der Waals surface area (Å²) in [6, 6.07) is 0. The van der Waals surface area contributed by atoms with Gasteiger partial charge in [-0.15, -0.1) is 24.8 Å². The van der Waals surface area contributed by atoms with Gasteiger partial charge in [-0.25, -0.2) is 0 Å². The smallest absolute Gasteiger partial charge is 0 e. The summed E-state index contributed by atoms with van der Waals surface area (Å²) in [6.07, 6.45) is 0. The minimum atomic E-state index is 0. The van der Waals surface area contributed by atoms with Crippen molar-refractivity contribution in [3.8, 4) is 0 Å². The Kier molecular flexibility index (Phi) is 268. The summed E-state index contributed by atoms with van der Waals surface area (Å²) < 4.78 is 0. The van der Waals surface area contributed by atoms with Gasteiger partial charge in [0.1, 0.15) is 0 Å². The second kappa shape index (κ2) is 23.2. The zero-order valence-electron chi connectivity index (χ0n) is 1.50. The van der Waals surface area contributed by atoms with Crippen LogP contribution < -0.4 is 0 Å². The third-order valence-corrected chi connectivity index (χ3v) is 0. The Morgan fingerprint density at radius 2 is 0.750 bits per heavy atom. The molecular formula is H2Cl2CoFe. The van der Waals surface area contributed by atoms with E-state index in [-0.39, 0.29) is 58.7 Å². The first-order valence-electron chi connectivity index (χ1n) is 0. The van der Waals surface area contributed by atoms with Gasteiger partial charge in [0, 0.05) is 33.8 Å². The Labute approximate surface area is 58.6 Å². The van der Waals surface area contributed by atoms with Gasteiger partial charge in [0.05, 0.1) is 0 Å². The van der Waals surface area contributed by atoms with E-state index in [1.165, 1.54) is 0 Å². The van der Waals surface area contributed by atoms with E-state index in [0.717, 1.165) is 0 Å². The fraction of sp³-hybridized carbons (Fsp3) is 0. The average molecular weight is 188 g/mol. The van der Waals surface area contributed by atoms with Crippen LogP contribution in [0.25, 0.3) is 0 Å². The molecule has 0 aromatic rings. The van der Waals surface area contributed by atoms with Crippen LogP contribution in [0, 0.1) is 0 Å². The number of rotatable bonds is 0. The van der Waals surface area contributed by atoms with Gasteiger partial charge in [-0.2, -0.15) is 0 Å². The molecule has 1 radical (unpaired) electrons. The van der Waals surface area contributed by atoms with Crippen LogP contribution in [-0.2, 0) is 33.8 Å². The van der Waals surface area contributed by atoms with Crippen LogP contribution in [0.1, 0.15) is 0 Å². The SMILES string of the molecule is Cl.Cl.[Co].[Fe]. The second-order valence-corrected chi connectivity index (χ2v) is 0. The third kappa shape index (κ3) is 9.49. The molecule has 0 N–H and O–H groups in total. The van der Waals surface area contributed by atoms with Crippen molar-refractivity contribution in [1.82, 2.24) is 0 Å². The van der Waals surface area contributed by atoms with Crippen LogP contribution in [0.2, 0.25) is 0 Å². The van der Waals surface area contributed by atoms with E-state index in [9.17, 15) is 0 Å². The Bertz CT molecular complexity index is 6.00. The maximum absolute atomic E-state index is 0. The fourth-order valence-electron chi connectivity index (χ4n) is 0. The molecule has 0 aliphatic rings. The van der Waals surface area contributed by atoms with E-state index in [0.29, 0.717) is 0 Å². The van der Waals surface area contributed by atoms with E-state index < -0.39 is 0 Å². The van der Waals surface area contributed by atoms with Gasteiger partial charge in [-0.1, -0.05) is 0 Å². The fourth-order valence-corrected chi connectivity index (χ4v) is 0. The summed E-state index contributed by atoms with van der Waals surface area (Å²) in [5.74, 6) is 0. The molecule has 0 aromatic heterocycles. The predicted molar refractivity (Wildman–Crippen MR) is 14.5 cm³/mol. The van der Waals surface area contributed by atoms with Crippen molar-refractivity contribution in [3.05, 3.63) is 0 Å². The minimum Gasteiger partial charge on any atom is -0.147 e. The van der Waals surface area contributed by atoms with Gasteiger partial charge in [0.25, 0.3) is 0 Å². The first-order valence-corrected chi connectivity index (χ1v) is 0. The summed E-state index contributed by atoms with van der Waals surface area (Å²) >= 11 is 0. The first kappa shape index (κ1) is 46.1. The van der Waals surface area contributed by atoms with Gasteiger partial charge in [0.2, 0.25) is 0 Å². The van der Waals surface area contributed by atoms with Gasteiger partial charge in [-0.3, -0.25) is 0 Å². The van der Waals surface area contributed by atoms with Crippen LogP contribution in [0.5, 0.6) is 0 Å². The van der Waals surface area contributed by atoms with Crippen LogP contribution >= 0.6 is 24.8 Å². The summed E-state index contributed by atoms with van der Waals surface area (Å²) in [6.45, 7) is 0. The molecule has 0 rings (SSSR count). The normalized spacial score (nSPS) is 0. The van der Waals surface area contributed by atoms with Gasteiger partial charge >= 0.3 is 0 Å². The number of hydrogen-bond acceptors (Lipinski definition) is 0. The van der Waals surface area contributed by atoms with Crippen molar-refractivity contribution in [2.24, 2.45) is 0 Å². The molecular weight excluding hydrogens is 186 g/mol. The maximum Gasteiger partial charge on any atom is 0 e. The molecule has 0 spiro atoms. The van der Waals surface area contributed by atoms with Crippen LogP contribution in [-0.4, -0.2) is 0 Å². The molecule has 0 aromatic carbocycles. The topological polar surface area (TPSA) is 0 Å². The zero-order chi connectivity index (χ0) is 0. The maximum atomic E-state index is 0. The summed E-state index contributed by atoms with van der Waals surface area (Å²) in [7, 11) is 0. The molecule has 0 saturated carbocycles. The van der Waals surface area contributed by atoms with E-state index in [1.807, 2.05) is 0 Å². The molecule has 4 heteroatoms. The monoisotopic (exact) mass is 187 g/mol. The van der Waals surface area contributed by atoms with Crippen molar-refractivity contribution < 1.29 is 33.8 Å². The Morgan fingerprint density at radius 1 is 0.750 bits per heavy atom. The first-order chi connectivity index (χ1) is 0. The molecule has 4 heavy (non-hydrogen) atoms. The quantitative estimate of drug-likeness (QED) is 0.493. The summed E-state index contributed by atoms with van der Waals surface area (Å²) in [5, 5.41) is 0. The largest absolute Gasteiger partial charge is 0.147 e. The molecule has 0 unspecified atom stereocenters. The standard InChI is InChI=1S/2ClH.Co.Fe/h2*1H;;. The van der Waals surface area contributed by atoms with Crippen molar-refractivity contribution in [3.63, 3.8) is 0 Å². The Morgan fingerprint density at radius 3 is 0.750 bits per heavy atom. The third-order valence-electron chi connectivity index (χ3n) is 0. The molecule has 33 valence electrons. The van der Waals surface area contributed by atoms with E-state index in [4.69, 9.17) is 0 Å². The number of hydrogen-bond donors (Lipinski definition) is 0. The molecule has 0 aliphatic carbocycles. The van der Waals surface area contributed by atoms with Crippen LogP contribution in [0.4, 0.5) is 0 Å². The molecule has 0 atom stereocenters. The predicted octanol–water partition coefficient (Wildman–Crippen LogP) is 0.839. The molecule has 0 aliphatic heterocycles. The van der Waals surface area contributed by atoms with E-state index in [1.54, 1.807) is 0 Å². The van der Waals surface area contributed by atoms with Crippen LogP contribution in [0.15, 0.2) is 0 Å². The Balaban J connectivity index is 0. The van der Waals surface area contributed by atoms with E-state index in [2.05, 4.69) is 0 Å². The second-order valence-electron chi connectivity index (χ2n) is 0. The molecule has 0 nitrogen and oxygen atoms in total. The van der Waals surface area contributed by atoms with Crippen molar-refractivity contribution in [2.45, 2.75) is 0 Å². The average Bonchev–Trinajstić information content (AvgIpc) is 0. The van der Waals surface area contributed by atoms with Gasteiger partial charge in [-0.05, 0) is 0 Å². The molecule has 0 bridgehead atoms. The van der Waals surface area contributed by atoms with E-state index >= 15 is 0 Å². The summed E-state index contributed by atoms with van der Waals surface area (Å²) in [4.78, 5) is 0. The summed E-state index contributed by atoms with van der Waals surface area (Å²) in [5.41, 5.74) is 0. The van der Waals surface area contributed by atoms with Crippen molar-refractivity contribution in [2.75, 3.05) is 0 Å². The zero-order valence-corrected chi connectivity index (χ0v) is 5.28. The van der Waals surface area contributed by atoms with Crippen molar-refractivity contribution >= 4 is 24.8 Å².